The Morgan fingerprint density at radius 3 is 3.28 bits per heavy atom. The van der Waals surface area contributed by atoms with Gasteiger partial charge in [0.15, 0.2) is 0 Å². The maximum absolute atomic E-state index is 6.11. The molecule has 0 radical (unpaired) electrons. The lowest BCUT2D eigenvalue weighted by molar-refractivity contribution is 0.466. The summed E-state index contributed by atoms with van der Waals surface area (Å²) in [5.74, 6) is 0. The molecule has 1 unspecified atom stereocenters. The Morgan fingerprint density at radius 1 is 1.50 bits per heavy atom. The molecule has 3 rings (SSSR count). The topological polar surface area (TPSA) is 24.9 Å². The highest BCUT2D eigenvalue weighted by atomic mass is 35.5. The van der Waals surface area contributed by atoms with E-state index in [1.165, 1.54) is 35.4 Å². The van der Waals surface area contributed by atoms with E-state index in [1.807, 2.05) is 5.51 Å². The second-order valence-corrected chi connectivity index (χ2v) is 7.04. The van der Waals surface area contributed by atoms with Gasteiger partial charge in [-0.15, -0.1) is 22.7 Å². The van der Waals surface area contributed by atoms with Gasteiger partial charge in [-0.05, 0) is 30.9 Å². The van der Waals surface area contributed by atoms with Gasteiger partial charge in [-0.25, -0.2) is 4.98 Å². The molecular formula is C13H15ClN2S2. The molecule has 18 heavy (non-hydrogen) atoms. The Morgan fingerprint density at radius 2 is 2.44 bits per heavy atom. The van der Waals surface area contributed by atoms with E-state index in [0.29, 0.717) is 6.04 Å². The van der Waals surface area contributed by atoms with Crippen LogP contribution in [0.4, 0.5) is 0 Å². The fraction of sp³-hybridized carbons (Fsp3) is 0.462. The maximum atomic E-state index is 6.11. The van der Waals surface area contributed by atoms with Crippen molar-refractivity contribution < 1.29 is 0 Å². The third-order valence-corrected chi connectivity index (χ3v) is 5.31. The van der Waals surface area contributed by atoms with Crippen molar-refractivity contribution in [2.45, 2.75) is 31.7 Å². The van der Waals surface area contributed by atoms with Gasteiger partial charge < -0.3 is 5.32 Å². The summed E-state index contributed by atoms with van der Waals surface area (Å²) in [7, 11) is 0. The molecule has 0 bridgehead atoms. The second kappa shape index (κ2) is 5.70. The Hall–Kier alpha value is -0.420. The Balaban J connectivity index is 1.60. The molecule has 0 aliphatic heterocycles. The smallest absolute Gasteiger partial charge is 0.0934 e. The van der Waals surface area contributed by atoms with Gasteiger partial charge in [0.1, 0.15) is 0 Å². The fourth-order valence-corrected chi connectivity index (χ4v) is 4.45. The monoisotopic (exact) mass is 298 g/mol. The lowest BCUT2D eigenvalue weighted by Crippen LogP contribution is -2.26. The van der Waals surface area contributed by atoms with E-state index in [4.69, 9.17) is 11.6 Å². The number of rotatable bonds is 4. The Bertz CT molecular complexity index is 507. The zero-order valence-electron chi connectivity index (χ0n) is 9.99. The van der Waals surface area contributed by atoms with Crippen molar-refractivity contribution in [1.29, 1.82) is 0 Å². The van der Waals surface area contributed by atoms with Crippen molar-refractivity contribution in [3.63, 3.8) is 0 Å². The molecule has 1 N–H and O–H groups in total. The number of thiazole rings is 1. The molecule has 0 saturated carbocycles. The van der Waals surface area contributed by atoms with Gasteiger partial charge in [0, 0.05) is 29.3 Å². The molecule has 5 heteroatoms. The molecule has 2 heterocycles. The van der Waals surface area contributed by atoms with Crippen LogP contribution in [0.2, 0.25) is 4.34 Å². The zero-order valence-corrected chi connectivity index (χ0v) is 12.4. The van der Waals surface area contributed by atoms with Crippen LogP contribution in [0, 0.1) is 0 Å². The van der Waals surface area contributed by atoms with E-state index in [-0.39, 0.29) is 0 Å². The summed E-state index contributed by atoms with van der Waals surface area (Å²) in [4.78, 5) is 5.78. The van der Waals surface area contributed by atoms with E-state index in [1.54, 1.807) is 22.7 Å². The van der Waals surface area contributed by atoms with Crippen LogP contribution in [-0.4, -0.2) is 11.5 Å². The molecule has 0 aromatic carbocycles. The molecule has 2 nitrogen and oxygen atoms in total. The molecule has 2 aromatic rings. The van der Waals surface area contributed by atoms with Crippen molar-refractivity contribution in [1.82, 2.24) is 10.3 Å². The van der Waals surface area contributed by atoms with Crippen LogP contribution >= 0.6 is 34.3 Å². The fourth-order valence-electron chi connectivity index (χ4n) is 2.47. The van der Waals surface area contributed by atoms with Crippen LogP contribution in [0.15, 0.2) is 17.0 Å². The summed E-state index contributed by atoms with van der Waals surface area (Å²) in [5, 5.41) is 5.76. The van der Waals surface area contributed by atoms with Crippen LogP contribution in [0.25, 0.3) is 0 Å². The summed E-state index contributed by atoms with van der Waals surface area (Å²) in [6.07, 6.45) is 4.68. The summed E-state index contributed by atoms with van der Waals surface area (Å²) in [6, 6.07) is 2.62. The third kappa shape index (κ3) is 2.77. The average Bonchev–Trinajstić information content (AvgIpc) is 2.97. The van der Waals surface area contributed by atoms with Crippen LogP contribution in [-0.2, 0) is 12.8 Å². The molecular weight excluding hydrogens is 284 g/mol. The number of fused-ring (bicyclic) bond motifs is 1. The first kappa shape index (κ1) is 12.6. The van der Waals surface area contributed by atoms with Gasteiger partial charge in [0.05, 0.1) is 15.5 Å². The standard InChI is InChI=1S/C13H15ClN2S2/c14-13-6-10-11(2-1-3-12(10)18-13)15-5-4-9-7-17-8-16-9/h6-8,11,15H,1-5H2. The minimum absolute atomic E-state index is 0.483. The number of hydrogen-bond acceptors (Lipinski definition) is 4. The number of aryl methyl sites for hydroxylation is 1. The molecule has 1 aliphatic carbocycles. The highest BCUT2D eigenvalue weighted by Gasteiger charge is 2.22. The van der Waals surface area contributed by atoms with E-state index >= 15 is 0 Å². The van der Waals surface area contributed by atoms with Crippen LogP contribution < -0.4 is 5.32 Å². The SMILES string of the molecule is Clc1cc2c(s1)CCCC2NCCc1cscn1. The first-order chi connectivity index (χ1) is 8.83. The maximum Gasteiger partial charge on any atom is 0.0934 e. The molecule has 0 fully saturated rings. The van der Waals surface area contributed by atoms with E-state index < -0.39 is 0 Å². The predicted molar refractivity (Wildman–Crippen MR) is 78.8 cm³/mol. The largest absolute Gasteiger partial charge is 0.310 e. The second-order valence-electron chi connectivity index (χ2n) is 4.56. The van der Waals surface area contributed by atoms with Crippen molar-refractivity contribution in [2.75, 3.05) is 6.54 Å². The van der Waals surface area contributed by atoms with Gasteiger partial charge in [-0.3, -0.25) is 0 Å². The van der Waals surface area contributed by atoms with E-state index in [2.05, 4.69) is 21.7 Å². The molecule has 1 atom stereocenters. The summed E-state index contributed by atoms with van der Waals surface area (Å²) >= 11 is 9.52. The van der Waals surface area contributed by atoms with Crippen molar-refractivity contribution in [2.24, 2.45) is 0 Å². The number of nitrogens with one attached hydrogen (secondary N) is 1. The molecule has 0 saturated heterocycles. The van der Waals surface area contributed by atoms with Gasteiger partial charge in [0.2, 0.25) is 0 Å². The molecule has 1 aliphatic rings. The molecule has 0 spiro atoms. The third-order valence-electron chi connectivity index (χ3n) is 3.34. The lowest BCUT2D eigenvalue weighted by atomic mass is 9.94. The van der Waals surface area contributed by atoms with E-state index in [9.17, 15) is 0 Å². The first-order valence-corrected chi connectivity index (χ1v) is 8.35. The number of aromatic nitrogens is 1. The van der Waals surface area contributed by atoms with Crippen LogP contribution in [0.3, 0.4) is 0 Å². The van der Waals surface area contributed by atoms with Crippen molar-refractivity contribution >= 4 is 34.3 Å². The van der Waals surface area contributed by atoms with E-state index in [0.717, 1.165) is 17.3 Å². The molecule has 2 aromatic heterocycles. The summed E-state index contributed by atoms with van der Waals surface area (Å²) in [5.41, 5.74) is 4.51. The van der Waals surface area contributed by atoms with Crippen molar-refractivity contribution in [3.05, 3.63) is 37.4 Å². The lowest BCUT2D eigenvalue weighted by Gasteiger charge is -2.23. The zero-order chi connectivity index (χ0) is 12.4. The quantitative estimate of drug-likeness (QED) is 0.920. The highest BCUT2D eigenvalue weighted by molar-refractivity contribution is 7.16. The Labute approximate surface area is 120 Å². The number of nitrogens with zero attached hydrogens (tertiary/aromatic N) is 1. The Kier molecular flexibility index (Phi) is 3.99. The number of thiophene rings is 1. The summed E-state index contributed by atoms with van der Waals surface area (Å²) in [6.45, 7) is 0.987. The minimum atomic E-state index is 0.483. The van der Waals surface area contributed by atoms with Crippen LogP contribution in [0.1, 0.15) is 35.0 Å². The van der Waals surface area contributed by atoms with Crippen LogP contribution in [0.5, 0.6) is 0 Å². The average molecular weight is 299 g/mol. The van der Waals surface area contributed by atoms with Gasteiger partial charge in [-0.1, -0.05) is 11.6 Å². The highest BCUT2D eigenvalue weighted by Crippen LogP contribution is 2.37. The van der Waals surface area contributed by atoms with Gasteiger partial charge in [0.25, 0.3) is 0 Å². The predicted octanol–water partition coefficient (Wildman–Crippen LogP) is 4.07. The number of halogens is 1. The first-order valence-electron chi connectivity index (χ1n) is 6.21. The minimum Gasteiger partial charge on any atom is -0.310 e. The number of hydrogen-bond donors (Lipinski definition) is 1. The molecule has 0 amide bonds. The van der Waals surface area contributed by atoms with Crippen molar-refractivity contribution in [3.8, 4) is 0 Å². The van der Waals surface area contributed by atoms with Gasteiger partial charge >= 0.3 is 0 Å². The molecule has 96 valence electrons. The summed E-state index contributed by atoms with van der Waals surface area (Å²) < 4.78 is 0.924. The van der Waals surface area contributed by atoms with Gasteiger partial charge in [-0.2, -0.15) is 0 Å². The normalized spacial score (nSPS) is 18.8.